The Morgan fingerprint density at radius 1 is 1.69 bits per heavy atom. The van der Waals surface area contributed by atoms with E-state index in [9.17, 15) is 9.00 Å². The Morgan fingerprint density at radius 3 is 2.85 bits per heavy atom. The summed E-state index contributed by atoms with van der Waals surface area (Å²) in [6, 6.07) is 0. The molecule has 3 nitrogen and oxygen atoms in total. The van der Waals surface area contributed by atoms with Gasteiger partial charge in [-0.3, -0.25) is 9.00 Å². The summed E-state index contributed by atoms with van der Waals surface area (Å²) in [6.45, 7) is 3.78. The lowest BCUT2D eigenvalue weighted by Gasteiger charge is -2.21. The zero-order valence-electron chi connectivity index (χ0n) is 7.87. The maximum atomic E-state index is 11.4. The van der Waals surface area contributed by atoms with Crippen LogP contribution in [-0.2, 0) is 15.6 Å². The molecule has 0 radical (unpaired) electrons. The molecule has 1 aliphatic heterocycles. The van der Waals surface area contributed by atoms with Gasteiger partial charge in [-0.05, 0) is 13.3 Å². The Morgan fingerprint density at radius 2 is 2.31 bits per heavy atom. The van der Waals surface area contributed by atoms with E-state index in [4.69, 9.17) is 5.11 Å². The van der Waals surface area contributed by atoms with E-state index in [-0.39, 0.29) is 11.7 Å². The Bertz CT molecular complexity index is 281. The Balaban J connectivity index is 2.77. The first kappa shape index (κ1) is 10.4. The van der Waals surface area contributed by atoms with Gasteiger partial charge in [0.2, 0.25) is 0 Å². The summed E-state index contributed by atoms with van der Waals surface area (Å²) in [6.07, 6.45) is 0.776. The zero-order chi connectivity index (χ0) is 10.0. The molecule has 0 saturated heterocycles. The third kappa shape index (κ3) is 2.66. The van der Waals surface area contributed by atoms with Crippen LogP contribution in [0, 0.1) is 0 Å². The summed E-state index contributed by atoms with van der Waals surface area (Å²) in [5, 5.41) is 8.73. The Hall–Kier alpha value is -0.640. The van der Waals surface area contributed by atoms with Crippen LogP contribution in [0.25, 0.3) is 0 Å². The molecule has 0 aromatic rings. The van der Waals surface area contributed by atoms with Crippen LogP contribution in [0.4, 0.5) is 0 Å². The normalized spacial score (nSPS) is 29.1. The number of hydrogen-bond donors (Lipinski definition) is 1. The molecule has 2 atom stereocenters. The molecule has 0 bridgehead atoms. The highest BCUT2D eigenvalue weighted by molar-refractivity contribution is 7.85. The average Bonchev–Trinajstić information content (AvgIpc) is 1.99. The van der Waals surface area contributed by atoms with E-state index in [0.717, 1.165) is 11.1 Å². The molecule has 0 spiro atoms. The summed E-state index contributed by atoms with van der Waals surface area (Å²) in [4.78, 5) is 10.5. The molecule has 1 N–H and O–H groups in total. The van der Waals surface area contributed by atoms with Crippen molar-refractivity contribution in [2.24, 2.45) is 0 Å². The van der Waals surface area contributed by atoms with Gasteiger partial charge in [-0.1, -0.05) is 18.1 Å². The molecular formula is C9H14O3S. The van der Waals surface area contributed by atoms with Crippen LogP contribution in [0.15, 0.2) is 11.1 Å². The minimum absolute atomic E-state index is 0.105. The van der Waals surface area contributed by atoms with Crippen molar-refractivity contribution in [3.05, 3.63) is 11.1 Å². The second-order valence-corrected chi connectivity index (χ2v) is 5.35. The van der Waals surface area contributed by atoms with Gasteiger partial charge >= 0.3 is 5.97 Å². The van der Waals surface area contributed by atoms with Crippen molar-refractivity contribution in [3.8, 4) is 0 Å². The summed E-state index contributed by atoms with van der Waals surface area (Å²) in [7, 11) is -0.801. The third-order valence-corrected chi connectivity index (χ3v) is 4.09. The van der Waals surface area contributed by atoms with E-state index in [1.165, 1.54) is 0 Å². The van der Waals surface area contributed by atoms with Crippen molar-refractivity contribution in [1.82, 2.24) is 0 Å². The number of carbonyl (C=O) groups is 1. The zero-order valence-corrected chi connectivity index (χ0v) is 8.69. The van der Waals surface area contributed by atoms with Crippen LogP contribution < -0.4 is 0 Å². The molecule has 13 heavy (non-hydrogen) atoms. The predicted molar refractivity (Wildman–Crippen MR) is 52.0 cm³/mol. The van der Waals surface area contributed by atoms with Gasteiger partial charge in [0.25, 0.3) is 0 Å². The molecule has 1 heterocycles. The fourth-order valence-electron chi connectivity index (χ4n) is 1.48. The lowest BCUT2D eigenvalue weighted by atomic mass is 10.0. The first-order chi connectivity index (χ1) is 6.00. The highest BCUT2D eigenvalue weighted by atomic mass is 32.2. The van der Waals surface area contributed by atoms with Crippen LogP contribution >= 0.6 is 0 Å². The number of carboxylic acids is 1. The molecule has 0 aromatic carbocycles. The molecule has 0 saturated carbocycles. The predicted octanol–water partition coefficient (Wildman–Crippen LogP) is 1.32. The third-order valence-electron chi connectivity index (χ3n) is 2.31. The van der Waals surface area contributed by atoms with Crippen molar-refractivity contribution < 1.29 is 14.1 Å². The number of carboxylic acid groups (broad SMARTS) is 1. The van der Waals surface area contributed by atoms with Crippen molar-refractivity contribution in [2.45, 2.75) is 31.9 Å². The minimum Gasteiger partial charge on any atom is -0.481 e. The van der Waals surface area contributed by atoms with E-state index >= 15 is 0 Å². The largest absolute Gasteiger partial charge is 0.481 e. The average molecular weight is 202 g/mol. The summed E-state index contributed by atoms with van der Waals surface area (Å²) >= 11 is 0. The molecule has 2 unspecified atom stereocenters. The van der Waals surface area contributed by atoms with Crippen molar-refractivity contribution in [2.75, 3.05) is 5.75 Å². The first-order valence-corrected chi connectivity index (χ1v) is 5.65. The Labute approximate surface area is 80.3 Å². The van der Waals surface area contributed by atoms with E-state index < -0.39 is 16.8 Å². The molecule has 0 fully saturated rings. The quantitative estimate of drug-likeness (QED) is 0.687. The molecule has 4 heteroatoms. The van der Waals surface area contributed by atoms with Crippen LogP contribution in [0.5, 0.6) is 0 Å². The summed E-state index contributed by atoms with van der Waals surface area (Å²) in [5.41, 5.74) is 1.96. The smallest absolute Gasteiger partial charge is 0.307 e. The van der Waals surface area contributed by atoms with Gasteiger partial charge in [-0.15, -0.1) is 0 Å². The van der Waals surface area contributed by atoms with Crippen molar-refractivity contribution in [3.63, 3.8) is 0 Å². The van der Waals surface area contributed by atoms with Crippen molar-refractivity contribution >= 4 is 16.8 Å². The summed E-state index contributed by atoms with van der Waals surface area (Å²) in [5.74, 6) is -0.252. The molecule has 74 valence electrons. The lowest BCUT2D eigenvalue weighted by molar-refractivity contribution is -0.136. The van der Waals surface area contributed by atoms with Gasteiger partial charge in [-0.2, -0.15) is 0 Å². The number of rotatable bonds is 2. The topological polar surface area (TPSA) is 54.4 Å². The first-order valence-electron chi connectivity index (χ1n) is 4.27. The summed E-state index contributed by atoms with van der Waals surface area (Å²) < 4.78 is 11.4. The highest BCUT2D eigenvalue weighted by Crippen LogP contribution is 2.24. The van der Waals surface area contributed by atoms with E-state index in [1.807, 2.05) is 13.8 Å². The van der Waals surface area contributed by atoms with Gasteiger partial charge in [0.15, 0.2) is 0 Å². The van der Waals surface area contributed by atoms with E-state index in [2.05, 4.69) is 0 Å². The number of hydrogen-bond acceptors (Lipinski definition) is 2. The molecule has 0 aliphatic carbocycles. The fraction of sp³-hybridized carbons (Fsp3) is 0.667. The van der Waals surface area contributed by atoms with Crippen LogP contribution in [0.1, 0.15) is 26.7 Å². The standard InChI is InChI=1S/C9H14O3S/c1-6-5-13(12)7(2)3-8(6)4-9(10)11/h7H,3-5H2,1-2H3,(H,10,11). The maximum absolute atomic E-state index is 11.4. The second kappa shape index (κ2) is 4.05. The maximum Gasteiger partial charge on any atom is 0.307 e. The molecule has 1 rings (SSSR count). The van der Waals surface area contributed by atoms with Gasteiger partial charge in [0.1, 0.15) is 0 Å². The van der Waals surface area contributed by atoms with Gasteiger partial charge in [-0.25, -0.2) is 0 Å². The fourth-order valence-corrected chi connectivity index (χ4v) is 2.78. The van der Waals surface area contributed by atoms with E-state index in [1.54, 1.807) is 0 Å². The Kier molecular flexibility index (Phi) is 3.25. The van der Waals surface area contributed by atoms with Crippen molar-refractivity contribution in [1.29, 1.82) is 0 Å². The van der Waals surface area contributed by atoms with Crippen LogP contribution in [0.2, 0.25) is 0 Å². The van der Waals surface area contributed by atoms with Gasteiger partial charge < -0.3 is 5.11 Å². The molecular weight excluding hydrogens is 188 g/mol. The van der Waals surface area contributed by atoms with Crippen LogP contribution in [0.3, 0.4) is 0 Å². The van der Waals surface area contributed by atoms with Crippen LogP contribution in [-0.4, -0.2) is 26.3 Å². The second-order valence-electron chi connectivity index (χ2n) is 3.49. The number of aliphatic carboxylic acids is 1. The van der Waals surface area contributed by atoms with Gasteiger partial charge in [0, 0.05) is 21.8 Å². The highest BCUT2D eigenvalue weighted by Gasteiger charge is 2.22. The lowest BCUT2D eigenvalue weighted by Crippen LogP contribution is -2.22. The SMILES string of the molecule is CC1=C(CC(=O)O)CC(C)S(=O)C1. The molecule has 0 aromatic heterocycles. The molecule has 0 amide bonds. The molecule has 1 aliphatic rings. The monoisotopic (exact) mass is 202 g/mol. The van der Waals surface area contributed by atoms with Gasteiger partial charge in [0.05, 0.1) is 6.42 Å². The minimum atomic E-state index is -0.801. The van der Waals surface area contributed by atoms with E-state index in [0.29, 0.717) is 12.2 Å².